The lowest BCUT2D eigenvalue weighted by Crippen LogP contribution is -2.43. The van der Waals surface area contributed by atoms with Crippen LogP contribution in [0, 0.1) is 0 Å². The summed E-state index contributed by atoms with van der Waals surface area (Å²) in [5.74, 6) is 0.332. The smallest absolute Gasteiger partial charge is 0.244 e. The van der Waals surface area contributed by atoms with Gasteiger partial charge in [-0.3, -0.25) is 9.78 Å². The zero-order chi connectivity index (χ0) is 18.7. The maximum Gasteiger partial charge on any atom is 0.244 e. The minimum absolute atomic E-state index is 0.0620. The molecule has 0 radical (unpaired) electrons. The van der Waals surface area contributed by atoms with Gasteiger partial charge < -0.3 is 9.64 Å². The van der Waals surface area contributed by atoms with E-state index in [2.05, 4.69) is 4.98 Å². The number of nitrogens with zero attached hydrogens (tertiary/aromatic N) is 3. The number of anilines is 1. The Morgan fingerprint density at radius 2 is 2.12 bits per heavy atom. The summed E-state index contributed by atoms with van der Waals surface area (Å²) in [5.41, 5.74) is 1.76. The molecule has 7 nitrogen and oxygen atoms in total. The molecule has 3 rings (SSSR count). The Bertz CT molecular complexity index is 886. The third-order valence-electron chi connectivity index (χ3n) is 4.40. The predicted molar refractivity (Wildman–Crippen MR) is 97.7 cm³/mol. The van der Waals surface area contributed by atoms with Crippen molar-refractivity contribution in [2.75, 3.05) is 32.1 Å². The maximum absolute atomic E-state index is 12.9. The van der Waals surface area contributed by atoms with E-state index in [1.807, 2.05) is 12.1 Å². The fraction of sp³-hybridized carbons (Fsp3) is 0.333. The third-order valence-corrected chi connectivity index (χ3v) is 6.19. The van der Waals surface area contributed by atoms with Crippen LogP contribution in [-0.4, -0.2) is 50.9 Å². The molecule has 0 bridgehead atoms. The second kappa shape index (κ2) is 7.43. The SMILES string of the molecule is COc1cccc2c1N(C(=O)CN(C)S(=O)(=O)c1cccnc1)CCC2. The van der Waals surface area contributed by atoms with Crippen LogP contribution in [0.15, 0.2) is 47.6 Å². The molecule has 2 aromatic rings. The highest BCUT2D eigenvalue weighted by Crippen LogP contribution is 2.36. The number of benzene rings is 1. The van der Waals surface area contributed by atoms with Crippen LogP contribution in [0.1, 0.15) is 12.0 Å². The van der Waals surface area contributed by atoms with Crippen molar-refractivity contribution in [1.82, 2.24) is 9.29 Å². The Morgan fingerprint density at radius 3 is 2.81 bits per heavy atom. The summed E-state index contributed by atoms with van der Waals surface area (Å²) in [6.07, 6.45) is 4.46. The molecule has 0 atom stereocenters. The van der Waals surface area contributed by atoms with Crippen LogP contribution in [0.3, 0.4) is 0 Å². The number of likely N-dealkylation sites (N-methyl/N-ethyl adjacent to an activating group) is 1. The number of pyridine rings is 1. The topological polar surface area (TPSA) is 79.8 Å². The quantitative estimate of drug-likeness (QED) is 0.795. The average Bonchev–Trinajstić information content (AvgIpc) is 2.67. The first-order valence-electron chi connectivity index (χ1n) is 8.27. The van der Waals surface area contributed by atoms with E-state index in [-0.39, 0.29) is 17.3 Å². The summed E-state index contributed by atoms with van der Waals surface area (Å²) in [6, 6.07) is 8.68. The highest BCUT2D eigenvalue weighted by molar-refractivity contribution is 7.89. The molecule has 0 unspecified atom stereocenters. The molecule has 1 aliphatic rings. The van der Waals surface area contributed by atoms with Crippen molar-refractivity contribution in [1.29, 1.82) is 0 Å². The maximum atomic E-state index is 12.9. The zero-order valence-electron chi connectivity index (χ0n) is 14.8. The number of ether oxygens (including phenoxy) is 1. The van der Waals surface area contributed by atoms with Crippen LogP contribution >= 0.6 is 0 Å². The molecule has 0 spiro atoms. The van der Waals surface area contributed by atoms with Gasteiger partial charge in [-0.15, -0.1) is 0 Å². The molecular formula is C18H21N3O4S. The van der Waals surface area contributed by atoms with Crippen LogP contribution in [0.5, 0.6) is 5.75 Å². The number of aryl methyl sites for hydroxylation is 1. The van der Waals surface area contributed by atoms with Crippen molar-refractivity contribution in [3.63, 3.8) is 0 Å². The first-order valence-corrected chi connectivity index (χ1v) is 9.72. The van der Waals surface area contributed by atoms with E-state index in [0.717, 1.165) is 28.4 Å². The van der Waals surface area contributed by atoms with Crippen molar-refractivity contribution in [3.8, 4) is 5.75 Å². The van der Waals surface area contributed by atoms with Gasteiger partial charge in [0, 0.05) is 26.0 Å². The summed E-state index contributed by atoms with van der Waals surface area (Å²) in [6.45, 7) is 0.279. The highest BCUT2D eigenvalue weighted by atomic mass is 32.2. The molecule has 1 aliphatic heterocycles. The van der Waals surface area contributed by atoms with Crippen LogP contribution in [0.2, 0.25) is 0 Å². The Balaban J connectivity index is 1.84. The number of carbonyl (C=O) groups excluding carboxylic acids is 1. The summed E-state index contributed by atoms with van der Waals surface area (Å²) in [4.78, 5) is 18.4. The number of rotatable bonds is 5. The van der Waals surface area contributed by atoms with E-state index in [1.54, 1.807) is 24.1 Å². The summed E-state index contributed by atoms with van der Waals surface area (Å²) >= 11 is 0. The first-order chi connectivity index (χ1) is 12.4. The molecule has 2 heterocycles. The Morgan fingerprint density at radius 1 is 1.31 bits per heavy atom. The fourth-order valence-electron chi connectivity index (χ4n) is 3.07. The van der Waals surface area contributed by atoms with E-state index in [0.29, 0.717) is 12.3 Å². The highest BCUT2D eigenvalue weighted by Gasteiger charge is 2.29. The predicted octanol–water partition coefficient (Wildman–Crippen LogP) is 1.69. The third kappa shape index (κ3) is 3.42. The summed E-state index contributed by atoms with van der Waals surface area (Å²) in [7, 11) is -0.816. The lowest BCUT2D eigenvalue weighted by atomic mass is 10.0. The standard InChI is InChI=1S/C18H21N3O4S/c1-20(26(23,24)15-8-4-10-19-12-15)13-17(22)21-11-5-7-14-6-3-9-16(25-2)18(14)21/h3-4,6,8-10,12H,5,7,11,13H2,1-2H3. The van der Waals surface area contributed by atoms with Gasteiger partial charge in [-0.1, -0.05) is 12.1 Å². The van der Waals surface area contributed by atoms with Gasteiger partial charge in [0.25, 0.3) is 0 Å². The second-order valence-electron chi connectivity index (χ2n) is 6.07. The minimum Gasteiger partial charge on any atom is -0.495 e. The molecular weight excluding hydrogens is 354 g/mol. The van der Waals surface area contributed by atoms with Crippen LogP contribution in [0.4, 0.5) is 5.69 Å². The molecule has 1 aromatic carbocycles. The van der Waals surface area contributed by atoms with Gasteiger partial charge in [-0.05, 0) is 36.6 Å². The molecule has 0 fully saturated rings. The fourth-order valence-corrected chi connectivity index (χ4v) is 4.15. The number of hydrogen-bond donors (Lipinski definition) is 0. The number of hydrogen-bond acceptors (Lipinski definition) is 5. The van der Waals surface area contributed by atoms with Gasteiger partial charge in [0.2, 0.25) is 15.9 Å². The van der Waals surface area contributed by atoms with Crippen LogP contribution in [-0.2, 0) is 21.2 Å². The molecule has 0 N–H and O–H groups in total. The zero-order valence-corrected chi connectivity index (χ0v) is 15.6. The molecule has 0 aliphatic carbocycles. The second-order valence-corrected chi connectivity index (χ2v) is 8.11. The number of methoxy groups -OCH3 is 1. The normalized spacial score (nSPS) is 14.2. The van der Waals surface area contributed by atoms with Gasteiger partial charge in [0.15, 0.2) is 0 Å². The monoisotopic (exact) mass is 375 g/mol. The molecule has 138 valence electrons. The van der Waals surface area contributed by atoms with Gasteiger partial charge in [0.05, 0.1) is 19.3 Å². The number of fused-ring (bicyclic) bond motifs is 1. The first kappa shape index (κ1) is 18.3. The van der Waals surface area contributed by atoms with Gasteiger partial charge >= 0.3 is 0 Å². The van der Waals surface area contributed by atoms with E-state index in [4.69, 9.17) is 4.74 Å². The molecule has 26 heavy (non-hydrogen) atoms. The average molecular weight is 375 g/mol. The molecule has 1 aromatic heterocycles. The number of aromatic nitrogens is 1. The van der Waals surface area contributed by atoms with Crippen LogP contribution in [0.25, 0.3) is 0 Å². The molecule has 0 saturated carbocycles. The van der Waals surface area contributed by atoms with Crippen molar-refractivity contribution in [3.05, 3.63) is 48.3 Å². The Hall–Kier alpha value is -2.45. The summed E-state index contributed by atoms with van der Waals surface area (Å²) < 4.78 is 31.7. The van der Waals surface area contributed by atoms with E-state index >= 15 is 0 Å². The Labute approximate surface area is 153 Å². The number of para-hydroxylation sites is 1. The number of carbonyl (C=O) groups is 1. The Kier molecular flexibility index (Phi) is 5.24. The molecule has 8 heteroatoms. The van der Waals surface area contributed by atoms with E-state index in [9.17, 15) is 13.2 Å². The summed E-state index contributed by atoms with van der Waals surface area (Å²) in [5, 5.41) is 0. The van der Waals surface area contributed by atoms with Gasteiger partial charge in [-0.25, -0.2) is 8.42 Å². The molecule has 1 amide bonds. The molecule has 0 saturated heterocycles. The van der Waals surface area contributed by atoms with Gasteiger partial charge in [-0.2, -0.15) is 4.31 Å². The van der Waals surface area contributed by atoms with Crippen molar-refractivity contribution >= 4 is 21.6 Å². The van der Waals surface area contributed by atoms with Gasteiger partial charge in [0.1, 0.15) is 10.6 Å². The van der Waals surface area contributed by atoms with Crippen molar-refractivity contribution in [2.45, 2.75) is 17.7 Å². The minimum atomic E-state index is -3.77. The van der Waals surface area contributed by atoms with E-state index < -0.39 is 10.0 Å². The number of sulfonamides is 1. The lowest BCUT2D eigenvalue weighted by molar-refractivity contribution is -0.118. The number of amides is 1. The lowest BCUT2D eigenvalue weighted by Gasteiger charge is -2.32. The largest absolute Gasteiger partial charge is 0.495 e. The van der Waals surface area contributed by atoms with Crippen molar-refractivity contribution < 1.29 is 17.9 Å². The van der Waals surface area contributed by atoms with E-state index in [1.165, 1.54) is 25.5 Å². The van der Waals surface area contributed by atoms with Crippen LogP contribution < -0.4 is 9.64 Å². The van der Waals surface area contributed by atoms with Crippen molar-refractivity contribution in [2.24, 2.45) is 0 Å².